The van der Waals surface area contributed by atoms with Gasteiger partial charge in [0.05, 0.1) is 22.8 Å². The van der Waals surface area contributed by atoms with E-state index in [9.17, 15) is 9.90 Å². The van der Waals surface area contributed by atoms with Crippen molar-refractivity contribution < 1.29 is 14.6 Å². The Morgan fingerprint density at radius 1 is 1.43 bits per heavy atom. The fourth-order valence-electron chi connectivity index (χ4n) is 2.77. The summed E-state index contributed by atoms with van der Waals surface area (Å²) in [6, 6.07) is 5.34. The Morgan fingerprint density at radius 3 is 2.78 bits per heavy atom. The maximum Gasteiger partial charge on any atom is 0.407 e. The maximum atomic E-state index is 11.5. The maximum absolute atomic E-state index is 11.5. The molecule has 0 aromatic heterocycles. The first-order valence-electron chi connectivity index (χ1n) is 7.67. The second-order valence-electron chi connectivity index (χ2n) is 5.96. The number of carboxylic acid groups (broad SMARTS) is 1. The second kappa shape index (κ2) is 8.20. The number of benzene rings is 1. The van der Waals surface area contributed by atoms with E-state index in [4.69, 9.17) is 27.9 Å². The molecule has 0 saturated carbocycles. The third kappa shape index (κ3) is 4.73. The number of nitrogens with zero attached hydrogens (tertiary/aromatic N) is 1. The zero-order valence-electron chi connectivity index (χ0n) is 13.3. The van der Waals surface area contributed by atoms with Crippen molar-refractivity contribution in [3.63, 3.8) is 0 Å². The lowest BCUT2D eigenvalue weighted by Gasteiger charge is -2.32. The van der Waals surface area contributed by atoms with Crippen molar-refractivity contribution in [2.45, 2.75) is 26.0 Å². The van der Waals surface area contributed by atoms with Crippen molar-refractivity contribution >= 4 is 29.3 Å². The standard InChI is InChI=1S/C16H22Cl2N2O3/c1-10(2)20(16(21)22)9-12-8-19-5-6-23-15(12)11-3-4-13(17)14(18)7-11/h3-4,7,10,12,15,19H,5-6,8-9H2,1-2H3,(H,21,22)/t12-,15-/m0/s1. The molecule has 0 radical (unpaired) electrons. The highest BCUT2D eigenvalue weighted by Gasteiger charge is 2.30. The van der Waals surface area contributed by atoms with Gasteiger partial charge in [-0.05, 0) is 31.5 Å². The summed E-state index contributed by atoms with van der Waals surface area (Å²) in [7, 11) is 0. The molecule has 1 aliphatic heterocycles. The molecular formula is C16H22Cl2N2O3. The van der Waals surface area contributed by atoms with Crippen LogP contribution < -0.4 is 5.32 Å². The minimum Gasteiger partial charge on any atom is -0.465 e. The van der Waals surface area contributed by atoms with E-state index in [0.29, 0.717) is 29.7 Å². The van der Waals surface area contributed by atoms with Crippen LogP contribution in [0.2, 0.25) is 10.0 Å². The summed E-state index contributed by atoms with van der Waals surface area (Å²) >= 11 is 12.1. The van der Waals surface area contributed by atoms with Gasteiger partial charge in [0.1, 0.15) is 0 Å². The Hall–Kier alpha value is -1.01. The molecule has 128 valence electrons. The van der Waals surface area contributed by atoms with Crippen molar-refractivity contribution in [3.05, 3.63) is 33.8 Å². The van der Waals surface area contributed by atoms with Crippen LogP contribution in [0.5, 0.6) is 0 Å². The summed E-state index contributed by atoms with van der Waals surface area (Å²) in [5.74, 6) is -0.00626. The lowest BCUT2D eigenvalue weighted by atomic mass is 9.94. The molecule has 2 N–H and O–H groups in total. The molecule has 23 heavy (non-hydrogen) atoms. The minimum atomic E-state index is -0.919. The highest BCUT2D eigenvalue weighted by atomic mass is 35.5. The summed E-state index contributed by atoms with van der Waals surface area (Å²) < 4.78 is 5.97. The molecule has 1 aliphatic rings. The van der Waals surface area contributed by atoms with Crippen LogP contribution in [0.25, 0.3) is 0 Å². The number of halogens is 2. The minimum absolute atomic E-state index is 0.00626. The molecule has 5 nitrogen and oxygen atoms in total. The first-order chi connectivity index (χ1) is 10.9. The number of hydrogen-bond acceptors (Lipinski definition) is 3. The number of rotatable bonds is 4. The van der Waals surface area contributed by atoms with Crippen molar-refractivity contribution in [1.82, 2.24) is 10.2 Å². The first-order valence-corrected chi connectivity index (χ1v) is 8.42. The predicted molar refractivity (Wildman–Crippen MR) is 91.4 cm³/mol. The van der Waals surface area contributed by atoms with Gasteiger partial charge < -0.3 is 20.1 Å². The van der Waals surface area contributed by atoms with Crippen LogP contribution in [0.4, 0.5) is 4.79 Å². The Bertz CT molecular complexity index is 554. The van der Waals surface area contributed by atoms with Crippen LogP contribution in [0.15, 0.2) is 18.2 Å². The van der Waals surface area contributed by atoms with Gasteiger partial charge in [0.2, 0.25) is 0 Å². The van der Waals surface area contributed by atoms with Crippen molar-refractivity contribution in [1.29, 1.82) is 0 Å². The van der Waals surface area contributed by atoms with E-state index < -0.39 is 6.09 Å². The third-order valence-electron chi connectivity index (χ3n) is 3.98. The number of nitrogens with one attached hydrogen (secondary N) is 1. The Kier molecular flexibility index (Phi) is 6.53. The quantitative estimate of drug-likeness (QED) is 0.859. The van der Waals surface area contributed by atoms with Crippen LogP contribution >= 0.6 is 23.2 Å². The smallest absolute Gasteiger partial charge is 0.407 e. The van der Waals surface area contributed by atoms with Crippen molar-refractivity contribution in [2.24, 2.45) is 5.92 Å². The fourth-order valence-corrected chi connectivity index (χ4v) is 3.08. The monoisotopic (exact) mass is 360 g/mol. The van der Waals surface area contributed by atoms with Gasteiger partial charge in [-0.1, -0.05) is 29.3 Å². The topological polar surface area (TPSA) is 61.8 Å². The van der Waals surface area contributed by atoms with E-state index in [1.54, 1.807) is 12.1 Å². The molecule has 7 heteroatoms. The van der Waals surface area contributed by atoms with Gasteiger partial charge in [0, 0.05) is 31.6 Å². The van der Waals surface area contributed by atoms with E-state index in [1.807, 2.05) is 19.9 Å². The van der Waals surface area contributed by atoms with E-state index in [0.717, 1.165) is 12.1 Å². The van der Waals surface area contributed by atoms with Crippen molar-refractivity contribution in [3.8, 4) is 0 Å². The predicted octanol–water partition coefficient (Wildman–Crippen LogP) is 3.66. The molecule has 2 rings (SSSR count). The summed E-state index contributed by atoms with van der Waals surface area (Å²) in [6.07, 6.45) is -1.14. The summed E-state index contributed by atoms with van der Waals surface area (Å²) in [4.78, 5) is 12.9. The SMILES string of the molecule is CC(C)N(C[C@@H]1CNCCO[C@H]1c1ccc(Cl)c(Cl)c1)C(=O)O. The Labute approximate surface area is 146 Å². The molecule has 1 saturated heterocycles. The van der Waals surface area contributed by atoms with Gasteiger partial charge in [-0.2, -0.15) is 0 Å². The molecule has 1 heterocycles. The zero-order chi connectivity index (χ0) is 17.0. The molecular weight excluding hydrogens is 339 g/mol. The number of ether oxygens (including phenoxy) is 1. The molecule has 1 fully saturated rings. The van der Waals surface area contributed by atoms with E-state index in [2.05, 4.69) is 5.32 Å². The lowest BCUT2D eigenvalue weighted by Crippen LogP contribution is -2.43. The molecule has 0 aliphatic carbocycles. The molecule has 0 unspecified atom stereocenters. The molecule has 1 aromatic rings. The van der Waals surface area contributed by atoms with Crippen molar-refractivity contribution in [2.75, 3.05) is 26.2 Å². The highest BCUT2D eigenvalue weighted by molar-refractivity contribution is 6.42. The molecule has 1 aromatic carbocycles. The van der Waals surface area contributed by atoms with E-state index >= 15 is 0 Å². The van der Waals surface area contributed by atoms with Crippen LogP contribution in [-0.4, -0.2) is 48.4 Å². The molecule has 2 atom stereocenters. The second-order valence-corrected chi connectivity index (χ2v) is 6.77. The van der Waals surface area contributed by atoms with Gasteiger partial charge in [-0.25, -0.2) is 4.79 Å². The fraction of sp³-hybridized carbons (Fsp3) is 0.562. The zero-order valence-corrected chi connectivity index (χ0v) is 14.8. The summed E-state index contributed by atoms with van der Waals surface area (Å²) in [6.45, 7) is 6.12. The number of carbonyl (C=O) groups is 1. The Balaban J connectivity index is 2.25. The van der Waals surface area contributed by atoms with E-state index in [1.165, 1.54) is 4.90 Å². The third-order valence-corrected chi connectivity index (χ3v) is 4.72. The number of amides is 1. The molecule has 0 spiro atoms. The van der Waals surface area contributed by atoms with Gasteiger partial charge in [0.25, 0.3) is 0 Å². The lowest BCUT2D eigenvalue weighted by molar-refractivity contribution is 0.0162. The van der Waals surface area contributed by atoms with Gasteiger partial charge in [0.15, 0.2) is 0 Å². The van der Waals surface area contributed by atoms with Gasteiger partial charge in [-0.3, -0.25) is 0 Å². The summed E-state index contributed by atoms with van der Waals surface area (Å²) in [5, 5.41) is 13.7. The van der Waals surface area contributed by atoms with Crippen LogP contribution in [0.3, 0.4) is 0 Å². The summed E-state index contributed by atoms with van der Waals surface area (Å²) in [5.41, 5.74) is 0.919. The number of hydrogen-bond donors (Lipinski definition) is 2. The van der Waals surface area contributed by atoms with Crippen LogP contribution in [0, 0.1) is 5.92 Å². The molecule has 0 bridgehead atoms. The average molecular weight is 361 g/mol. The largest absolute Gasteiger partial charge is 0.465 e. The molecule has 1 amide bonds. The van der Waals surface area contributed by atoms with Gasteiger partial charge >= 0.3 is 6.09 Å². The van der Waals surface area contributed by atoms with Gasteiger partial charge in [-0.15, -0.1) is 0 Å². The van der Waals surface area contributed by atoms with Crippen LogP contribution in [0.1, 0.15) is 25.5 Å². The normalized spacial score (nSPS) is 22.0. The average Bonchev–Trinajstić information content (AvgIpc) is 2.72. The highest BCUT2D eigenvalue weighted by Crippen LogP contribution is 2.32. The van der Waals surface area contributed by atoms with E-state index in [-0.39, 0.29) is 18.1 Å². The van der Waals surface area contributed by atoms with Crippen LogP contribution in [-0.2, 0) is 4.74 Å². The first kappa shape index (κ1) is 18.3. The Morgan fingerprint density at radius 2 is 2.17 bits per heavy atom.